The number of nitro benzene ring substituents is 1. The molecule has 0 radical (unpaired) electrons. The van der Waals surface area contributed by atoms with Gasteiger partial charge < -0.3 is 24.8 Å². The van der Waals surface area contributed by atoms with Crippen molar-refractivity contribution in [3.05, 3.63) is 75.5 Å². The number of nitro groups is 1. The highest BCUT2D eigenvalue weighted by atomic mass is 16.6. The zero-order valence-electron chi connectivity index (χ0n) is 21.8. The summed E-state index contributed by atoms with van der Waals surface area (Å²) in [5.41, 5.74) is 3.04. The Kier molecular flexibility index (Phi) is 7.33. The minimum Gasteiger partial charge on any atom is -0.445 e. The molecule has 3 aliphatic heterocycles. The summed E-state index contributed by atoms with van der Waals surface area (Å²) in [6.07, 6.45) is 1.19. The first-order chi connectivity index (χ1) is 18.3. The molecular weight excluding hydrogens is 486 g/mol. The zero-order valence-corrected chi connectivity index (χ0v) is 21.8. The Balaban J connectivity index is 1.41. The predicted molar refractivity (Wildman–Crippen MR) is 143 cm³/mol. The molecule has 3 heterocycles. The van der Waals surface area contributed by atoms with Gasteiger partial charge in [0.15, 0.2) is 0 Å². The summed E-state index contributed by atoms with van der Waals surface area (Å²) in [5.74, 6) is -0.175. The second-order valence-electron chi connectivity index (χ2n) is 10.2. The topological polar surface area (TPSA) is 108 Å². The fourth-order valence-corrected chi connectivity index (χ4v) is 5.51. The van der Waals surface area contributed by atoms with Gasteiger partial charge in [0.05, 0.1) is 22.7 Å². The highest BCUT2D eigenvalue weighted by Gasteiger charge is 2.41. The number of anilines is 1. The lowest BCUT2D eigenvalue weighted by Gasteiger charge is -2.38. The van der Waals surface area contributed by atoms with Gasteiger partial charge in [0.2, 0.25) is 0 Å². The smallest absolute Gasteiger partial charge is 0.410 e. The predicted octanol–water partition coefficient (Wildman–Crippen LogP) is 3.77. The minimum atomic E-state index is -0.462. The lowest BCUT2D eigenvalue weighted by atomic mass is 10.0. The van der Waals surface area contributed by atoms with E-state index in [1.807, 2.05) is 35.2 Å². The van der Waals surface area contributed by atoms with E-state index in [1.54, 1.807) is 11.0 Å². The van der Waals surface area contributed by atoms with Crippen molar-refractivity contribution in [3.63, 3.8) is 0 Å². The van der Waals surface area contributed by atoms with Gasteiger partial charge in [0, 0.05) is 61.7 Å². The van der Waals surface area contributed by atoms with E-state index in [4.69, 9.17) is 4.74 Å². The standard InChI is InChI=1S/C28H33N5O5/c1-19(2)30-13-10-21(11-14-30)32-25-9-8-22(33(36)37)16-23(25)26(27(32)34)24-17-31(15-12-29-24)28(35)38-18-20-6-4-3-5-7-20/h3-9,16,19,21,29H,10-15,17-18H2,1-2H3/b26-24-. The summed E-state index contributed by atoms with van der Waals surface area (Å²) in [6, 6.07) is 14.5. The lowest BCUT2D eigenvalue weighted by molar-refractivity contribution is -0.384. The molecule has 0 spiro atoms. The number of carbonyl (C=O) groups excluding carboxylic acids is 2. The molecule has 38 heavy (non-hydrogen) atoms. The van der Waals surface area contributed by atoms with Gasteiger partial charge in [0.25, 0.3) is 11.6 Å². The maximum Gasteiger partial charge on any atom is 0.410 e. The van der Waals surface area contributed by atoms with Crippen molar-refractivity contribution >= 4 is 28.9 Å². The van der Waals surface area contributed by atoms with Crippen LogP contribution in [0.3, 0.4) is 0 Å². The van der Waals surface area contributed by atoms with Gasteiger partial charge in [-0.1, -0.05) is 30.3 Å². The van der Waals surface area contributed by atoms with E-state index in [9.17, 15) is 19.7 Å². The zero-order chi connectivity index (χ0) is 26.8. The van der Waals surface area contributed by atoms with E-state index < -0.39 is 11.0 Å². The van der Waals surface area contributed by atoms with Gasteiger partial charge in [-0.25, -0.2) is 4.79 Å². The molecule has 0 saturated carbocycles. The van der Waals surface area contributed by atoms with Crippen LogP contribution in [0, 0.1) is 10.1 Å². The Morgan fingerprint density at radius 2 is 1.87 bits per heavy atom. The highest BCUT2D eigenvalue weighted by molar-refractivity contribution is 6.33. The molecule has 200 valence electrons. The Morgan fingerprint density at radius 3 is 2.55 bits per heavy atom. The molecule has 3 aliphatic rings. The summed E-state index contributed by atoms with van der Waals surface area (Å²) in [7, 11) is 0. The molecule has 0 aliphatic carbocycles. The molecule has 0 atom stereocenters. The molecule has 2 fully saturated rings. The van der Waals surface area contributed by atoms with Crippen molar-refractivity contribution in [2.24, 2.45) is 0 Å². The number of hydrogen-bond donors (Lipinski definition) is 1. The summed E-state index contributed by atoms with van der Waals surface area (Å²) < 4.78 is 5.52. The van der Waals surface area contributed by atoms with Crippen molar-refractivity contribution in [3.8, 4) is 0 Å². The number of hydrogen-bond acceptors (Lipinski definition) is 7. The molecular formula is C28H33N5O5. The van der Waals surface area contributed by atoms with Crippen molar-refractivity contribution in [2.75, 3.05) is 37.6 Å². The van der Waals surface area contributed by atoms with E-state index in [-0.39, 0.29) is 30.8 Å². The van der Waals surface area contributed by atoms with Crippen LogP contribution >= 0.6 is 0 Å². The quantitative estimate of drug-likeness (QED) is 0.364. The number of nitrogens with one attached hydrogen (secondary N) is 1. The van der Waals surface area contributed by atoms with E-state index in [1.165, 1.54) is 12.1 Å². The molecule has 10 nitrogen and oxygen atoms in total. The average molecular weight is 520 g/mol. The molecule has 0 aromatic heterocycles. The molecule has 2 aromatic rings. The number of piperazine rings is 1. The first kappa shape index (κ1) is 25.7. The summed E-state index contributed by atoms with van der Waals surface area (Å²) >= 11 is 0. The third kappa shape index (κ3) is 5.08. The maximum absolute atomic E-state index is 14.0. The van der Waals surface area contributed by atoms with Crippen molar-refractivity contribution in [2.45, 2.75) is 45.4 Å². The molecule has 2 saturated heterocycles. The maximum atomic E-state index is 14.0. The van der Waals surface area contributed by atoms with E-state index in [0.717, 1.165) is 31.5 Å². The molecule has 1 N–H and O–H groups in total. The van der Waals surface area contributed by atoms with E-state index in [2.05, 4.69) is 24.1 Å². The van der Waals surface area contributed by atoms with Crippen LogP contribution in [0.5, 0.6) is 0 Å². The van der Waals surface area contributed by atoms with Gasteiger partial charge >= 0.3 is 6.09 Å². The Morgan fingerprint density at radius 1 is 1.13 bits per heavy atom. The summed E-state index contributed by atoms with van der Waals surface area (Å²) in [6.45, 7) is 7.32. The van der Waals surface area contributed by atoms with Crippen LogP contribution in [0.15, 0.2) is 54.2 Å². The summed E-state index contributed by atoms with van der Waals surface area (Å²) in [4.78, 5) is 43.7. The second kappa shape index (κ2) is 10.8. The average Bonchev–Trinajstić information content (AvgIpc) is 3.23. The number of carbonyl (C=O) groups is 2. The molecule has 2 aromatic carbocycles. The van der Waals surface area contributed by atoms with Crippen molar-refractivity contribution < 1.29 is 19.2 Å². The Bertz CT molecular complexity index is 1250. The van der Waals surface area contributed by atoms with Gasteiger partial charge in [-0.2, -0.15) is 0 Å². The SMILES string of the molecule is CC(C)N1CCC(N2C(=O)/C(=C3/CN(C(=O)OCc4ccccc4)CCN3)c3cc([N+](=O)[O-])ccc32)CC1. The number of non-ortho nitro benzene ring substituents is 1. The third-order valence-corrected chi connectivity index (χ3v) is 7.58. The van der Waals surface area contributed by atoms with Crippen LogP contribution in [-0.4, -0.2) is 71.5 Å². The monoisotopic (exact) mass is 519 g/mol. The fraction of sp³-hybridized carbons (Fsp3) is 0.429. The number of ether oxygens (including phenoxy) is 1. The van der Waals surface area contributed by atoms with Crippen molar-refractivity contribution in [1.29, 1.82) is 0 Å². The minimum absolute atomic E-state index is 0.00587. The van der Waals surface area contributed by atoms with Gasteiger partial charge in [-0.3, -0.25) is 14.9 Å². The molecule has 2 amide bonds. The highest BCUT2D eigenvalue weighted by Crippen LogP contribution is 2.43. The number of fused-ring (bicyclic) bond motifs is 1. The van der Waals surface area contributed by atoms with Crippen LogP contribution in [0.4, 0.5) is 16.2 Å². The number of benzene rings is 2. The number of rotatable bonds is 5. The first-order valence-corrected chi connectivity index (χ1v) is 13.1. The number of likely N-dealkylation sites (tertiary alicyclic amines) is 1. The van der Waals surface area contributed by atoms with Crippen LogP contribution < -0.4 is 10.2 Å². The first-order valence-electron chi connectivity index (χ1n) is 13.1. The van der Waals surface area contributed by atoms with Crippen LogP contribution in [-0.2, 0) is 16.1 Å². The van der Waals surface area contributed by atoms with Gasteiger partial charge in [0.1, 0.15) is 6.61 Å². The summed E-state index contributed by atoms with van der Waals surface area (Å²) in [5, 5.41) is 14.9. The molecule has 5 rings (SSSR count). The van der Waals surface area contributed by atoms with Crippen LogP contribution in [0.2, 0.25) is 0 Å². The normalized spacial score (nSPS) is 20.4. The van der Waals surface area contributed by atoms with Gasteiger partial charge in [-0.15, -0.1) is 0 Å². The second-order valence-corrected chi connectivity index (χ2v) is 10.2. The lowest BCUT2D eigenvalue weighted by Crippen LogP contribution is -2.49. The Hall–Kier alpha value is -3.92. The van der Waals surface area contributed by atoms with E-state index in [0.29, 0.717) is 41.7 Å². The number of piperidine rings is 1. The number of nitrogens with zero attached hydrogens (tertiary/aromatic N) is 4. The van der Waals surface area contributed by atoms with Crippen LogP contribution in [0.1, 0.15) is 37.8 Å². The Labute approximate surface area is 222 Å². The third-order valence-electron chi connectivity index (χ3n) is 7.58. The molecule has 0 bridgehead atoms. The molecule has 10 heteroatoms. The number of amides is 2. The van der Waals surface area contributed by atoms with Crippen molar-refractivity contribution in [1.82, 2.24) is 15.1 Å². The fourth-order valence-electron chi connectivity index (χ4n) is 5.51. The van der Waals surface area contributed by atoms with E-state index >= 15 is 0 Å². The molecule has 0 unspecified atom stereocenters. The van der Waals surface area contributed by atoms with Crippen LogP contribution in [0.25, 0.3) is 5.57 Å². The van der Waals surface area contributed by atoms with Gasteiger partial charge in [-0.05, 0) is 38.3 Å². The largest absolute Gasteiger partial charge is 0.445 e.